The van der Waals surface area contributed by atoms with Gasteiger partial charge in [-0.05, 0) is 55.1 Å². The standard InChI is InChI=1S/C23H31N5O4S/c1-3-4-9-17(22(30)26-14-7-5-6-8-14)28(15-10-12-16(32-2)13-11-15)23(31)20-18(24)19(21(25)29)27-33-20/h10-14,17H,3-9,24H2,1-2H3,(H2,25,29)(H,26,30). The molecule has 1 heterocycles. The Hall–Kier alpha value is -3.14. The Morgan fingerprint density at radius 2 is 1.91 bits per heavy atom. The highest BCUT2D eigenvalue weighted by molar-refractivity contribution is 7.09. The molecule has 1 unspecified atom stereocenters. The van der Waals surface area contributed by atoms with E-state index in [1.807, 2.05) is 6.92 Å². The van der Waals surface area contributed by atoms with E-state index >= 15 is 0 Å². The first-order chi connectivity index (χ1) is 15.9. The minimum absolute atomic E-state index is 0.0681. The summed E-state index contributed by atoms with van der Waals surface area (Å²) in [7, 11) is 1.56. The van der Waals surface area contributed by atoms with E-state index in [-0.39, 0.29) is 28.2 Å². The molecule has 0 radical (unpaired) electrons. The number of nitrogens with one attached hydrogen (secondary N) is 1. The fraction of sp³-hybridized carbons (Fsp3) is 0.478. The normalized spacial score (nSPS) is 14.6. The SMILES string of the molecule is CCCCC(C(=O)NC1CCCC1)N(C(=O)c1snc(C(N)=O)c1N)c1ccc(OC)cc1. The van der Waals surface area contributed by atoms with Crippen molar-refractivity contribution in [3.8, 4) is 5.75 Å². The third-order valence-electron chi connectivity index (χ3n) is 5.87. The smallest absolute Gasteiger partial charge is 0.272 e. The molecule has 0 aliphatic heterocycles. The van der Waals surface area contributed by atoms with Crippen LogP contribution in [0.2, 0.25) is 0 Å². The third-order valence-corrected chi connectivity index (χ3v) is 6.72. The molecule has 5 N–H and O–H groups in total. The maximum Gasteiger partial charge on any atom is 0.272 e. The van der Waals surface area contributed by atoms with E-state index in [4.69, 9.17) is 16.2 Å². The molecule has 33 heavy (non-hydrogen) atoms. The number of nitrogen functional groups attached to an aromatic ring is 1. The predicted molar refractivity (Wildman–Crippen MR) is 129 cm³/mol. The van der Waals surface area contributed by atoms with Gasteiger partial charge in [0.25, 0.3) is 11.8 Å². The maximum atomic E-state index is 13.8. The highest BCUT2D eigenvalue weighted by Crippen LogP contribution is 2.30. The zero-order valence-electron chi connectivity index (χ0n) is 19.0. The number of amides is 3. The van der Waals surface area contributed by atoms with Crippen molar-refractivity contribution in [2.24, 2.45) is 5.73 Å². The fourth-order valence-corrected chi connectivity index (χ4v) is 4.80. The molecule has 1 fully saturated rings. The Balaban J connectivity index is 2.02. The molecule has 178 valence electrons. The minimum Gasteiger partial charge on any atom is -0.497 e. The van der Waals surface area contributed by atoms with Gasteiger partial charge in [-0.2, -0.15) is 4.37 Å². The number of rotatable bonds is 10. The van der Waals surface area contributed by atoms with Crippen LogP contribution in [-0.2, 0) is 4.79 Å². The highest BCUT2D eigenvalue weighted by atomic mass is 32.1. The number of carbonyl (C=O) groups is 3. The zero-order valence-corrected chi connectivity index (χ0v) is 19.8. The van der Waals surface area contributed by atoms with E-state index in [0.29, 0.717) is 17.9 Å². The maximum absolute atomic E-state index is 13.8. The lowest BCUT2D eigenvalue weighted by Gasteiger charge is -2.32. The van der Waals surface area contributed by atoms with Gasteiger partial charge < -0.3 is 21.5 Å². The van der Waals surface area contributed by atoms with Crippen molar-refractivity contribution in [1.82, 2.24) is 9.69 Å². The van der Waals surface area contributed by atoms with E-state index in [2.05, 4.69) is 9.69 Å². The number of unbranched alkanes of at least 4 members (excludes halogenated alkanes) is 1. The number of nitrogens with zero attached hydrogens (tertiary/aromatic N) is 2. The van der Waals surface area contributed by atoms with Crippen molar-refractivity contribution in [3.05, 3.63) is 34.8 Å². The van der Waals surface area contributed by atoms with Gasteiger partial charge in [-0.3, -0.25) is 19.3 Å². The Kier molecular flexibility index (Phi) is 8.26. The first-order valence-electron chi connectivity index (χ1n) is 11.2. The molecule has 9 nitrogen and oxygen atoms in total. The Bertz CT molecular complexity index is 985. The molecule has 3 rings (SSSR count). The average molecular weight is 474 g/mol. The van der Waals surface area contributed by atoms with Crippen LogP contribution in [0.15, 0.2) is 24.3 Å². The van der Waals surface area contributed by atoms with Gasteiger partial charge in [0.15, 0.2) is 5.69 Å². The van der Waals surface area contributed by atoms with Gasteiger partial charge >= 0.3 is 0 Å². The Morgan fingerprint density at radius 1 is 1.24 bits per heavy atom. The number of carbonyl (C=O) groups excluding carboxylic acids is 3. The number of aromatic nitrogens is 1. The summed E-state index contributed by atoms with van der Waals surface area (Å²) >= 11 is 0.806. The first-order valence-corrected chi connectivity index (χ1v) is 12.0. The quantitative estimate of drug-likeness (QED) is 0.484. The van der Waals surface area contributed by atoms with Crippen molar-refractivity contribution in [1.29, 1.82) is 0 Å². The van der Waals surface area contributed by atoms with E-state index in [9.17, 15) is 14.4 Å². The van der Waals surface area contributed by atoms with E-state index < -0.39 is 17.9 Å². The second-order valence-corrected chi connectivity index (χ2v) is 8.93. The van der Waals surface area contributed by atoms with Crippen molar-refractivity contribution < 1.29 is 19.1 Å². The predicted octanol–water partition coefficient (Wildman–Crippen LogP) is 3.10. The minimum atomic E-state index is -0.805. The second-order valence-electron chi connectivity index (χ2n) is 8.16. The molecule has 0 saturated heterocycles. The summed E-state index contributed by atoms with van der Waals surface area (Å²) in [5.74, 6) is -0.872. The largest absolute Gasteiger partial charge is 0.497 e. The third kappa shape index (κ3) is 5.62. The summed E-state index contributed by atoms with van der Waals surface area (Å²) in [6.45, 7) is 2.03. The van der Waals surface area contributed by atoms with Crippen molar-refractivity contribution in [3.63, 3.8) is 0 Å². The number of methoxy groups -OCH3 is 1. The molecule has 0 spiro atoms. The van der Waals surface area contributed by atoms with Gasteiger partial charge in [0.1, 0.15) is 16.7 Å². The Labute approximate surface area is 197 Å². The number of benzene rings is 1. The van der Waals surface area contributed by atoms with Crippen molar-refractivity contribution >= 4 is 40.6 Å². The van der Waals surface area contributed by atoms with Gasteiger partial charge in [-0.1, -0.05) is 32.6 Å². The Morgan fingerprint density at radius 3 is 2.45 bits per heavy atom. The molecular formula is C23H31N5O4S. The van der Waals surface area contributed by atoms with Crippen LogP contribution in [0.25, 0.3) is 0 Å². The summed E-state index contributed by atoms with van der Waals surface area (Å²) in [5, 5.41) is 3.13. The molecule has 1 aliphatic carbocycles. The van der Waals surface area contributed by atoms with Gasteiger partial charge in [0.05, 0.1) is 12.8 Å². The summed E-state index contributed by atoms with van der Waals surface area (Å²) in [5.41, 5.74) is 11.7. The number of hydrogen-bond donors (Lipinski definition) is 3. The van der Waals surface area contributed by atoms with Gasteiger partial charge in [-0.25, -0.2) is 0 Å². The van der Waals surface area contributed by atoms with Crippen LogP contribution in [0.1, 0.15) is 72.0 Å². The van der Waals surface area contributed by atoms with Crippen LogP contribution in [0, 0.1) is 0 Å². The average Bonchev–Trinajstić information content (AvgIpc) is 3.45. The van der Waals surface area contributed by atoms with Crippen LogP contribution >= 0.6 is 11.5 Å². The molecule has 1 saturated carbocycles. The number of anilines is 2. The lowest BCUT2D eigenvalue weighted by Crippen LogP contribution is -2.51. The number of primary amides is 1. The molecule has 1 aromatic heterocycles. The molecular weight excluding hydrogens is 442 g/mol. The first kappa shape index (κ1) is 24.5. The number of hydrogen-bond acceptors (Lipinski definition) is 7. The van der Waals surface area contributed by atoms with Gasteiger partial charge in [0.2, 0.25) is 5.91 Å². The molecule has 0 bridgehead atoms. The molecule has 3 amide bonds. The topological polar surface area (TPSA) is 141 Å². The second kappa shape index (κ2) is 11.1. The van der Waals surface area contributed by atoms with E-state index in [0.717, 1.165) is 50.1 Å². The summed E-state index contributed by atoms with van der Waals surface area (Å²) in [4.78, 5) is 40.3. The van der Waals surface area contributed by atoms with Gasteiger partial charge in [0, 0.05) is 11.7 Å². The van der Waals surface area contributed by atoms with Gasteiger partial charge in [-0.15, -0.1) is 0 Å². The zero-order chi connectivity index (χ0) is 24.0. The van der Waals surface area contributed by atoms with Crippen molar-refractivity contribution in [2.45, 2.75) is 64.0 Å². The molecule has 10 heteroatoms. The van der Waals surface area contributed by atoms with E-state index in [1.165, 1.54) is 4.90 Å². The molecule has 1 aromatic carbocycles. The molecule has 1 atom stereocenters. The summed E-state index contributed by atoms with van der Waals surface area (Å²) in [6.07, 6.45) is 6.14. The van der Waals surface area contributed by atoms with E-state index in [1.54, 1.807) is 31.4 Å². The number of ether oxygens (including phenoxy) is 1. The summed E-state index contributed by atoms with van der Waals surface area (Å²) in [6, 6.07) is 6.28. The summed E-state index contributed by atoms with van der Waals surface area (Å²) < 4.78 is 9.21. The lowest BCUT2D eigenvalue weighted by molar-refractivity contribution is -0.123. The van der Waals surface area contributed by atoms with Crippen molar-refractivity contribution in [2.75, 3.05) is 17.7 Å². The molecule has 2 aromatic rings. The molecule has 1 aliphatic rings. The van der Waals surface area contributed by atoms with Crippen LogP contribution in [-0.4, -0.2) is 41.3 Å². The van der Waals surface area contributed by atoms with Crippen LogP contribution < -0.4 is 26.4 Å². The number of nitrogens with two attached hydrogens (primary N) is 2. The monoisotopic (exact) mass is 473 g/mol. The van der Waals surface area contributed by atoms with Crippen LogP contribution in [0.3, 0.4) is 0 Å². The fourth-order valence-electron chi connectivity index (χ4n) is 4.06. The lowest BCUT2D eigenvalue weighted by atomic mass is 10.0. The van der Waals surface area contributed by atoms with Crippen LogP contribution in [0.5, 0.6) is 5.75 Å². The highest BCUT2D eigenvalue weighted by Gasteiger charge is 2.35. The van der Waals surface area contributed by atoms with Crippen LogP contribution in [0.4, 0.5) is 11.4 Å².